The van der Waals surface area contributed by atoms with Gasteiger partial charge in [-0.15, -0.1) is 0 Å². The summed E-state index contributed by atoms with van der Waals surface area (Å²) in [6.45, 7) is 7.09. The summed E-state index contributed by atoms with van der Waals surface area (Å²) in [6.07, 6.45) is 4.82. The molecule has 150 valence electrons. The first-order valence-corrected chi connectivity index (χ1v) is 10.2. The second kappa shape index (κ2) is 10.6. The van der Waals surface area contributed by atoms with Crippen LogP contribution in [0.4, 0.5) is 0 Å². The zero-order valence-corrected chi connectivity index (χ0v) is 16.6. The van der Waals surface area contributed by atoms with Crippen molar-refractivity contribution in [3.63, 3.8) is 0 Å². The zero-order chi connectivity index (χ0) is 18.8. The maximum Gasteiger partial charge on any atom is 0.191 e. The van der Waals surface area contributed by atoms with Crippen molar-refractivity contribution in [3.05, 3.63) is 35.9 Å². The summed E-state index contributed by atoms with van der Waals surface area (Å²) in [5.41, 5.74) is 1.41. The van der Waals surface area contributed by atoms with Crippen LogP contribution in [0.1, 0.15) is 31.2 Å². The van der Waals surface area contributed by atoms with Gasteiger partial charge in [-0.3, -0.25) is 9.89 Å². The molecule has 2 N–H and O–H groups in total. The molecule has 1 aromatic rings. The Hall–Kier alpha value is -1.63. The molecule has 0 atom stereocenters. The van der Waals surface area contributed by atoms with Gasteiger partial charge in [0.25, 0.3) is 0 Å². The number of rotatable bonds is 8. The lowest BCUT2D eigenvalue weighted by atomic mass is 9.88. The molecule has 0 saturated carbocycles. The third kappa shape index (κ3) is 5.92. The van der Waals surface area contributed by atoms with Crippen LogP contribution in [0, 0.1) is 0 Å². The van der Waals surface area contributed by atoms with E-state index in [0.29, 0.717) is 13.2 Å². The Bertz CT molecular complexity index is 567. The number of guanidine groups is 1. The molecule has 2 aliphatic rings. The first-order chi connectivity index (χ1) is 13.3. The van der Waals surface area contributed by atoms with Gasteiger partial charge in [-0.1, -0.05) is 30.3 Å². The van der Waals surface area contributed by atoms with Crippen molar-refractivity contribution in [2.45, 2.75) is 37.8 Å². The van der Waals surface area contributed by atoms with Gasteiger partial charge in [-0.05, 0) is 44.3 Å². The third-order valence-corrected chi connectivity index (χ3v) is 5.66. The largest absolute Gasteiger partial charge is 0.381 e. The van der Waals surface area contributed by atoms with E-state index < -0.39 is 0 Å². The van der Waals surface area contributed by atoms with Crippen LogP contribution in [0.15, 0.2) is 35.3 Å². The first-order valence-electron chi connectivity index (χ1n) is 10.2. The van der Waals surface area contributed by atoms with Crippen LogP contribution < -0.4 is 10.6 Å². The Morgan fingerprint density at radius 1 is 1.15 bits per heavy atom. The number of ether oxygens (including phenoxy) is 2. The molecule has 0 amide bonds. The fourth-order valence-electron chi connectivity index (χ4n) is 4.02. The van der Waals surface area contributed by atoms with E-state index in [-0.39, 0.29) is 5.54 Å². The Kier molecular flexibility index (Phi) is 7.93. The van der Waals surface area contributed by atoms with Crippen LogP contribution in [0.2, 0.25) is 0 Å². The lowest BCUT2D eigenvalue weighted by Gasteiger charge is -2.45. The molecule has 0 radical (unpaired) electrons. The molecule has 2 heterocycles. The maximum atomic E-state index is 5.74. The minimum Gasteiger partial charge on any atom is -0.381 e. The van der Waals surface area contributed by atoms with Gasteiger partial charge in [-0.25, -0.2) is 0 Å². The highest BCUT2D eigenvalue weighted by Gasteiger charge is 2.39. The molecule has 6 heteroatoms. The van der Waals surface area contributed by atoms with Crippen LogP contribution in [-0.4, -0.2) is 69.4 Å². The van der Waals surface area contributed by atoms with Crippen molar-refractivity contribution in [1.82, 2.24) is 15.5 Å². The maximum absolute atomic E-state index is 5.74. The van der Waals surface area contributed by atoms with Gasteiger partial charge in [0.1, 0.15) is 0 Å². The number of benzene rings is 1. The summed E-state index contributed by atoms with van der Waals surface area (Å²) in [4.78, 5) is 7.04. The Morgan fingerprint density at radius 2 is 1.89 bits per heavy atom. The summed E-state index contributed by atoms with van der Waals surface area (Å²) in [6, 6.07) is 10.3. The average molecular weight is 375 g/mol. The number of aliphatic imine (C=N–C) groups is 1. The minimum atomic E-state index is 0.205. The van der Waals surface area contributed by atoms with E-state index in [1.54, 1.807) is 0 Å². The Morgan fingerprint density at radius 3 is 2.59 bits per heavy atom. The highest BCUT2D eigenvalue weighted by molar-refractivity contribution is 5.79. The van der Waals surface area contributed by atoms with Crippen molar-refractivity contribution in [1.29, 1.82) is 0 Å². The van der Waals surface area contributed by atoms with Crippen molar-refractivity contribution in [2.24, 2.45) is 4.99 Å². The number of likely N-dealkylation sites (tertiary alicyclic amines) is 1. The van der Waals surface area contributed by atoms with Gasteiger partial charge in [-0.2, -0.15) is 0 Å². The van der Waals surface area contributed by atoms with E-state index in [4.69, 9.17) is 9.47 Å². The van der Waals surface area contributed by atoms with Gasteiger partial charge in [0, 0.05) is 38.9 Å². The average Bonchev–Trinajstić information content (AvgIpc) is 3.27. The quantitative estimate of drug-likeness (QED) is 0.414. The predicted octanol–water partition coefficient (Wildman–Crippen LogP) is 2.01. The zero-order valence-electron chi connectivity index (χ0n) is 16.6. The lowest BCUT2D eigenvalue weighted by molar-refractivity contribution is -0.0164. The lowest BCUT2D eigenvalue weighted by Crippen LogP contribution is -2.58. The molecule has 2 saturated heterocycles. The van der Waals surface area contributed by atoms with E-state index >= 15 is 0 Å². The van der Waals surface area contributed by atoms with Crippen molar-refractivity contribution in [3.8, 4) is 0 Å². The molecular formula is C21H34N4O2. The fraction of sp³-hybridized carbons (Fsp3) is 0.667. The second-order valence-electron chi connectivity index (χ2n) is 7.42. The monoisotopic (exact) mass is 374 g/mol. The van der Waals surface area contributed by atoms with Gasteiger partial charge >= 0.3 is 0 Å². The predicted molar refractivity (Wildman–Crippen MR) is 109 cm³/mol. The van der Waals surface area contributed by atoms with E-state index in [2.05, 4.69) is 32.7 Å². The summed E-state index contributed by atoms with van der Waals surface area (Å²) in [5.74, 6) is 0.850. The summed E-state index contributed by atoms with van der Waals surface area (Å²) in [5, 5.41) is 6.92. The van der Waals surface area contributed by atoms with Crippen LogP contribution in [-0.2, 0) is 16.1 Å². The summed E-state index contributed by atoms with van der Waals surface area (Å²) >= 11 is 0. The second-order valence-corrected chi connectivity index (χ2v) is 7.42. The van der Waals surface area contributed by atoms with Gasteiger partial charge < -0.3 is 20.1 Å². The molecule has 3 rings (SSSR count). The van der Waals surface area contributed by atoms with E-state index in [9.17, 15) is 0 Å². The highest BCUT2D eigenvalue weighted by atomic mass is 16.5. The topological polar surface area (TPSA) is 58.1 Å². The summed E-state index contributed by atoms with van der Waals surface area (Å²) in [7, 11) is 1.83. The van der Waals surface area contributed by atoms with E-state index in [0.717, 1.165) is 45.1 Å². The van der Waals surface area contributed by atoms with Crippen LogP contribution in [0.3, 0.4) is 0 Å². The molecule has 0 spiro atoms. The Balaban J connectivity index is 1.39. The molecule has 2 aliphatic heterocycles. The van der Waals surface area contributed by atoms with Gasteiger partial charge in [0.05, 0.1) is 13.2 Å². The number of hydrogen-bond acceptors (Lipinski definition) is 4. The third-order valence-electron chi connectivity index (χ3n) is 5.66. The van der Waals surface area contributed by atoms with E-state index in [1.807, 2.05) is 25.2 Å². The molecule has 0 bridgehead atoms. The Labute approximate surface area is 163 Å². The number of nitrogens with zero attached hydrogens (tertiary/aromatic N) is 2. The van der Waals surface area contributed by atoms with Gasteiger partial charge in [0.15, 0.2) is 5.96 Å². The molecule has 6 nitrogen and oxygen atoms in total. The molecule has 0 aromatic heterocycles. The molecule has 0 unspecified atom stereocenters. The standard InChI is InChI=1S/C21H34N4O2/c1-22-20(23-11-16-27-17-19-7-3-2-4-8-19)24-18-21(9-14-26-15-10-21)25-12-5-6-13-25/h2-4,7-8H,5-6,9-18H2,1H3,(H2,22,23,24). The van der Waals surface area contributed by atoms with Crippen LogP contribution in [0.5, 0.6) is 0 Å². The molecule has 27 heavy (non-hydrogen) atoms. The van der Waals surface area contributed by atoms with E-state index in [1.165, 1.54) is 31.5 Å². The highest BCUT2D eigenvalue weighted by Crippen LogP contribution is 2.30. The summed E-state index contributed by atoms with van der Waals surface area (Å²) < 4.78 is 11.4. The van der Waals surface area contributed by atoms with Crippen LogP contribution in [0.25, 0.3) is 0 Å². The SMILES string of the molecule is CN=C(NCCOCc1ccccc1)NCC1(N2CCCC2)CCOCC1. The smallest absolute Gasteiger partial charge is 0.191 e. The van der Waals surface area contributed by atoms with Crippen LogP contribution >= 0.6 is 0 Å². The van der Waals surface area contributed by atoms with Crippen molar-refractivity contribution < 1.29 is 9.47 Å². The minimum absolute atomic E-state index is 0.205. The van der Waals surface area contributed by atoms with Crippen molar-refractivity contribution >= 4 is 5.96 Å². The first kappa shape index (κ1) is 20.1. The van der Waals surface area contributed by atoms with Gasteiger partial charge in [0.2, 0.25) is 0 Å². The fourth-order valence-corrected chi connectivity index (χ4v) is 4.02. The normalized spacial score (nSPS) is 20.6. The molecule has 0 aliphatic carbocycles. The number of hydrogen-bond donors (Lipinski definition) is 2. The molecular weight excluding hydrogens is 340 g/mol. The molecule has 2 fully saturated rings. The molecule has 1 aromatic carbocycles. The van der Waals surface area contributed by atoms with Crippen molar-refractivity contribution in [2.75, 3.05) is 53.0 Å². The number of nitrogens with one attached hydrogen (secondary N) is 2.